The summed E-state index contributed by atoms with van der Waals surface area (Å²) in [4.78, 5) is 22.9. The summed E-state index contributed by atoms with van der Waals surface area (Å²) in [5, 5.41) is -1.11. The number of rotatable bonds is 12. The van der Waals surface area contributed by atoms with Crippen molar-refractivity contribution in [1.29, 1.82) is 0 Å². The second-order valence-electron chi connectivity index (χ2n) is 5.32. The standard InChI is InChI=1S/C16H28Cl2O4/c1-4-12(11-22-16(20)14(18)6-3)9-7-8-10-21-15(19)13(17)5-2/h12-14H,4-11H2,1-3H3. The molecule has 3 unspecified atom stereocenters. The van der Waals surface area contributed by atoms with Gasteiger partial charge in [0.1, 0.15) is 10.8 Å². The van der Waals surface area contributed by atoms with E-state index in [9.17, 15) is 9.59 Å². The van der Waals surface area contributed by atoms with Gasteiger partial charge in [-0.25, -0.2) is 0 Å². The van der Waals surface area contributed by atoms with Crippen LogP contribution in [0.25, 0.3) is 0 Å². The van der Waals surface area contributed by atoms with Crippen molar-refractivity contribution < 1.29 is 19.1 Å². The molecule has 0 aliphatic rings. The fraction of sp³-hybridized carbons (Fsp3) is 0.875. The van der Waals surface area contributed by atoms with Crippen LogP contribution in [0.2, 0.25) is 0 Å². The van der Waals surface area contributed by atoms with Crippen LogP contribution < -0.4 is 0 Å². The molecule has 4 nitrogen and oxygen atoms in total. The number of hydrogen-bond donors (Lipinski definition) is 0. The Morgan fingerprint density at radius 1 is 0.864 bits per heavy atom. The van der Waals surface area contributed by atoms with E-state index in [1.807, 2.05) is 13.8 Å². The molecule has 0 amide bonds. The molecule has 0 fully saturated rings. The van der Waals surface area contributed by atoms with Gasteiger partial charge in [0.15, 0.2) is 0 Å². The molecule has 0 saturated heterocycles. The van der Waals surface area contributed by atoms with Gasteiger partial charge < -0.3 is 9.47 Å². The molecule has 0 N–H and O–H groups in total. The van der Waals surface area contributed by atoms with Crippen LogP contribution in [-0.4, -0.2) is 35.9 Å². The molecule has 0 heterocycles. The maximum atomic E-state index is 11.5. The highest BCUT2D eigenvalue weighted by Gasteiger charge is 2.17. The van der Waals surface area contributed by atoms with Gasteiger partial charge in [0.05, 0.1) is 13.2 Å². The molecule has 0 aliphatic heterocycles. The zero-order valence-corrected chi connectivity index (χ0v) is 15.3. The molecule has 0 bridgehead atoms. The molecule has 0 aliphatic carbocycles. The minimum atomic E-state index is -0.556. The zero-order chi connectivity index (χ0) is 17.0. The Labute approximate surface area is 143 Å². The van der Waals surface area contributed by atoms with Gasteiger partial charge in [-0.3, -0.25) is 9.59 Å². The van der Waals surface area contributed by atoms with Crippen LogP contribution in [0.3, 0.4) is 0 Å². The van der Waals surface area contributed by atoms with Gasteiger partial charge in [0, 0.05) is 0 Å². The van der Waals surface area contributed by atoms with Crippen LogP contribution >= 0.6 is 23.2 Å². The Morgan fingerprint density at radius 3 is 1.91 bits per heavy atom. The summed E-state index contributed by atoms with van der Waals surface area (Å²) in [7, 11) is 0. The molecule has 0 spiro atoms. The minimum absolute atomic E-state index is 0.316. The normalized spacial score (nSPS) is 15.0. The maximum Gasteiger partial charge on any atom is 0.324 e. The lowest BCUT2D eigenvalue weighted by molar-refractivity contribution is -0.145. The molecule has 0 aromatic rings. The SMILES string of the molecule is CCC(CCCCOC(=O)C(Cl)CC)COC(=O)C(Cl)CC. The Morgan fingerprint density at radius 2 is 1.41 bits per heavy atom. The van der Waals surface area contributed by atoms with Crippen molar-refractivity contribution in [2.24, 2.45) is 5.92 Å². The van der Waals surface area contributed by atoms with E-state index in [4.69, 9.17) is 32.7 Å². The molecule has 0 saturated carbocycles. The summed E-state index contributed by atoms with van der Waals surface area (Å²) in [6.45, 7) is 6.54. The Kier molecular flexibility index (Phi) is 12.7. The van der Waals surface area contributed by atoms with Crippen LogP contribution in [0.15, 0.2) is 0 Å². The summed E-state index contributed by atoms with van der Waals surface area (Å²) in [5.41, 5.74) is 0. The second kappa shape index (κ2) is 13.0. The monoisotopic (exact) mass is 354 g/mol. The lowest BCUT2D eigenvalue weighted by Gasteiger charge is -2.16. The van der Waals surface area contributed by atoms with Crippen molar-refractivity contribution in [3.05, 3.63) is 0 Å². The second-order valence-corrected chi connectivity index (χ2v) is 6.37. The fourth-order valence-corrected chi connectivity index (χ4v) is 1.95. The summed E-state index contributed by atoms with van der Waals surface area (Å²) in [6.07, 6.45) is 4.71. The Hall–Kier alpha value is -0.480. The minimum Gasteiger partial charge on any atom is -0.465 e. The van der Waals surface area contributed by atoms with Crippen LogP contribution in [-0.2, 0) is 19.1 Å². The van der Waals surface area contributed by atoms with Crippen molar-refractivity contribution in [3.63, 3.8) is 0 Å². The highest BCUT2D eigenvalue weighted by molar-refractivity contribution is 6.30. The van der Waals surface area contributed by atoms with Crippen LogP contribution in [0.4, 0.5) is 0 Å². The number of carbonyl (C=O) groups is 2. The number of ether oxygens (including phenoxy) is 2. The van der Waals surface area contributed by atoms with Crippen LogP contribution in [0.5, 0.6) is 0 Å². The van der Waals surface area contributed by atoms with Gasteiger partial charge >= 0.3 is 11.9 Å². The van der Waals surface area contributed by atoms with E-state index < -0.39 is 10.8 Å². The fourth-order valence-electron chi connectivity index (χ4n) is 1.83. The molecule has 22 heavy (non-hydrogen) atoms. The number of esters is 2. The van der Waals surface area contributed by atoms with E-state index >= 15 is 0 Å². The van der Waals surface area contributed by atoms with E-state index in [2.05, 4.69) is 6.92 Å². The van der Waals surface area contributed by atoms with E-state index in [-0.39, 0.29) is 11.9 Å². The Balaban J connectivity index is 3.78. The molecule has 0 aromatic heterocycles. The van der Waals surface area contributed by atoms with Crippen LogP contribution in [0.1, 0.15) is 59.3 Å². The van der Waals surface area contributed by atoms with Crippen molar-refractivity contribution in [2.75, 3.05) is 13.2 Å². The molecule has 0 rings (SSSR count). The first-order chi connectivity index (χ1) is 10.5. The average Bonchev–Trinajstić information content (AvgIpc) is 2.54. The van der Waals surface area contributed by atoms with E-state index in [0.717, 1.165) is 25.7 Å². The molecule has 0 aromatic carbocycles. The number of halogens is 2. The number of carbonyl (C=O) groups excluding carboxylic acids is 2. The molecule has 3 atom stereocenters. The molecular weight excluding hydrogens is 327 g/mol. The highest BCUT2D eigenvalue weighted by atomic mass is 35.5. The Bertz CT molecular complexity index is 323. The quantitative estimate of drug-likeness (QED) is 0.297. The smallest absolute Gasteiger partial charge is 0.324 e. The van der Waals surface area contributed by atoms with Gasteiger partial charge in [0.2, 0.25) is 0 Å². The predicted octanol–water partition coefficient (Wildman–Crippen LogP) is 4.30. The predicted molar refractivity (Wildman–Crippen MR) is 89.4 cm³/mol. The molecule has 6 heteroatoms. The van der Waals surface area contributed by atoms with E-state index in [1.165, 1.54) is 0 Å². The zero-order valence-electron chi connectivity index (χ0n) is 13.8. The first-order valence-electron chi connectivity index (χ1n) is 8.07. The van der Waals surface area contributed by atoms with Crippen molar-refractivity contribution >= 4 is 35.1 Å². The van der Waals surface area contributed by atoms with E-state index in [0.29, 0.717) is 32.0 Å². The van der Waals surface area contributed by atoms with Gasteiger partial charge in [-0.1, -0.05) is 27.2 Å². The topological polar surface area (TPSA) is 52.6 Å². The number of unbranched alkanes of at least 4 members (excludes halogenated alkanes) is 1. The highest BCUT2D eigenvalue weighted by Crippen LogP contribution is 2.15. The number of hydrogen-bond acceptors (Lipinski definition) is 4. The largest absolute Gasteiger partial charge is 0.465 e. The van der Waals surface area contributed by atoms with Gasteiger partial charge in [0.25, 0.3) is 0 Å². The first kappa shape index (κ1) is 21.5. The molecule has 0 radical (unpaired) electrons. The lowest BCUT2D eigenvalue weighted by Crippen LogP contribution is -2.21. The summed E-state index contributed by atoms with van der Waals surface area (Å²) in [6, 6.07) is 0. The number of alkyl halides is 2. The first-order valence-corrected chi connectivity index (χ1v) is 8.94. The van der Waals surface area contributed by atoms with Crippen molar-refractivity contribution in [3.8, 4) is 0 Å². The van der Waals surface area contributed by atoms with Gasteiger partial charge in [-0.05, 0) is 38.0 Å². The van der Waals surface area contributed by atoms with Crippen LogP contribution in [0, 0.1) is 5.92 Å². The van der Waals surface area contributed by atoms with Crippen molar-refractivity contribution in [1.82, 2.24) is 0 Å². The molecular formula is C16H28Cl2O4. The third-order valence-corrected chi connectivity index (χ3v) is 4.49. The molecule has 130 valence electrons. The summed E-state index contributed by atoms with van der Waals surface area (Å²) in [5.74, 6) is -0.376. The summed E-state index contributed by atoms with van der Waals surface area (Å²) < 4.78 is 10.3. The lowest BCUT2D eigenvalue weighted by atomic mass is 10.0. The third kappa shape index (κ3) is 9.52. The third-order valence-electron chi connectivity index (χ3n) is 3.52. The van der Waals surface area contributed by atoms with Gasteiger partial charge in [-0.15, -0.1) is 23.2 Å². The summed E-state index contributed by atoms with van der Waals surface area (Å²) >= 11 is 11.6. The maximum absolute atomic E-state index is 11.5. The van der Waals surface area contributed by atoms with Gasteiger partial charge in [-0.2, -0.15) is 0 Å². The van der Waals surface area contributed by atoms with Crippen molar-refractivity contribution in [2.45, 2.75) is 70.1 Å². The average molecular weight is 355 g/mol. The van der Waals surface area contributed by atoms with E-state index in [1.54, 1.807) is 0 Å².